The maximum atomic E-state index is 10.2. The summed E-state index contributed by atoms with van der Waals surface area (Å²) in [7, 11) is 0. The molecule has 86 valence electrons. The molecule has 0 unspecified atom stereocenters. The van der Waals surface area contributed by atoms with Crippen LogP contribution in [-0.2, 0) is 4.79 Å². The number of hydrogen-bond acceptors (Lipinski definition) is 1. The number of carboxylic acids is 1. The van der Waals surface area contributed by atoms with Gasteiger partial charge in [0.1, 0.15) is 0 Å². The Kier molecular flexibility index (Phi) is 16.0. The Balaban J connectivity index is 0. The Bertz CT molecular complexity index is 126. The molecule has 0 bridgehead atoms. The van der Waals surface area contributed by atoms with Crippen molar-refractivity contribution in [2.45, 2.75) is 64.7 Å². The predicted molar refractivity (Wildman–Crippen MR) is 64.8 cm³/mol. The van der Waals surface area contributed by atoms with E-state index in [1.54, 1.807) is 0 Å². The first-order valence-electron chi connectivity index (χ1n) is 5.49. The van der Waals surface area contributed by atoms with E-state index in [0.29, 0.717) is 6.42 Å². The molecule has 0 heterocycles. The van der Waals surface area contributed by atoms with Crippen molar-refractivity contribution in [3.63, 3.8) is 0 Å². The van der Waals surface area contributed by atoms with Gasteiger partial charge in [0, 0.05) is 6.42 Å². The van der Waals surface area contributed by atoms with E-state index in [9.17, 15) is 4.79 Å². The second kappa shape index (κ2) is 13.4. The van der Waals surface area contributed by atoms with Crippen molar-refractivity contribution in [2.24, 2.45) is 0 Å². The molecule has 14 heavy (non-hydrogen) atoms. The van der Waals surface area contributed by atoms with E-state index in [1.165, 1.54) is 38.5 Å². The van der Waals surface area contributed by atoms with Crippen LogP contribution in [0.1, 0.15) is 64.7 Å². The van der Waals surface area contributed by atoms with Crippen LogP contribution in [0, 0.1) is 0 Å². The summed E-state index contributed by atoms with van der Waals surface area (Å²) in [6.45, 7) is 2.22. The van der Waals surface area contributed by atoms with Crippen LogP contribution < -0.4 is 0 Å². The fourth-order valence-corrected chi connectivity index (χ4v) is 1.41. The number of aliphatic carboxylic acids is 1. The van der Waals surface area contributed by atoms with Crippen molar-refractivity contribution in [3.05, 3.63) is 0 Å². The maximum absolute atomic E-state index is 10.2. The van der Waals surface area contributed by atoms with E-state index in [0.717, 1.165) is 12.8 Å². The molecule has 0 rings (SSSR count). The normalized spacial score (nSPS) is 9.50. The topological polar surface area (TPSA) is 37.3 Å². The Morgan fingerprint density at radius 1 is 0.929 bits per heavy atom. The molecule has 2 nitrogen and oxygen atoms in total. The van der Waals surface area contributed by atoms with E-state index in [4.69, 9.17) is 5.11 Å². The number of rotatable bonds is 9. The van der Waals surface area contributed by atoms with Crippen LogP contribution in [0.5, 0.6) is 0 Å². The molecule has 1 N–H and O–H groups in total. The Morgan fingerprint density at radius 3 is 1.79 bits per heavy atom. The monoisotopic (exact) mass is 398 g/mol. The van der Waals surface area contributed by atoms with E-state index < -0.39 is 5.97 Å². The van der Waals surface area contributed by atoms with Gasteiger partial charge in [-0.05, 0) is 6.42 Å². The van der Waals surface area contributed by atoms with Crippen LogP contribution >= 0.6 is 0 Å². The van der Waals surface area contributed by atoms with Crippen LogP contribution in [-0.4, -0.2) is 37.3 Å². The van der Waals surface area contributed by atoms with E-state index >= 15 is 0 Å². The second-order valence-corrected chi connectivity index (χ2v) is 3.62. The van der Waals surface area contributed by atoms with E-state index in [1.807, 2.05) is 0 Å². The second-order valence-electron chi connectivity index (χ2n) is 3.62. The number of unbranched alkanes of at least 4 members (excludes halogenated alkanes) is 7. The Labute approximate surface area is 107 Å². The molecular weight excluding hydrogens is 373 g/mol. The van der Waals surface area contributed by atoms with Crippen LogP contribution in [0.4, 0.5) is 0 Å². The van der Waals surface area contributed by atoms with Gasteiger partial charge in [-0.1, -0.05) is 51.9 Å². The molecular formula is C11H25BiO2. The van der Waals surface area contributed by atoms with Crippen molar-refractivity contribution < 1.29 is 9.90 Å². The fourth-order valence-electron chi connectivity index (χ4n) is 1.41. The Morgan fingerprint density at radius 2 is 1.36 bits per heavy atom. The van der Waals surface area contributed by atoms with Gasteiger partial charge in [0.25, 0.3) is 0 Å². The molecule has 0 amide bonds. The van der Waals surface area contributed by atoms with Crippen LogP contribution in [0.3, 0.4) is 0 Å². The zero-order valence-electron chi connectivity index (χ0n) is 9.43. The molecule has 0 aromatic carbocycles. The van der Waals surface area contributed by atoms with E-state index in [2.05, 4.69) is 6.92 Å². The molecule has 0 saturated carbocycles. The zero-order valence-corrected chi connectivity index (χ0v) is 14.9. The van der Waals surface area contributed by atoms with Gasteiger partial charge in [0.15, 0.2) is 0 Å². The van der Waals surface area contributed by atoms with Crippen molar-refractivity contribution in [3.8, 4) is 0 Å². The van der Waals surface area contributed by atoms with Gasteiger partial charge in [-0.2, -0.15) is 0 Å². The van der Waals surface area contributed by atoms with Gasteiger partial charge < -0.3 is 5.11 Å². The van der Waals surface area contributed by atoms with Crippen LogP contribution in [0.15, 0.2) is 0 Å². The summed E-state index contributed by atoms with van der Waals surface area (Å²) >= 11 is 0. The third-order valence-electron chi connectivity index (χ3n) is 2.24. The summed E-state index contributed by atoms with van der Waals surface area (Å²) < 4.78 is 0. The summed E-state index contributed by atoms with van der Waals surface area (Å²) in [5, 5.41) is 8.39. The average molecular weight is 398 g/mol. The van der Waals surface area contributed by atoms with Gasteiger partial charge in [0.2, 0.25) is 0 Å². The summed E-state index contributed by atoms with van der Waals surface area (Å²) in [6, 6.07) is 0. The van der Waals surface area contributed by atoms with Crippen molar-refractivity contribution in [1.82, 2.24) is 0 Å². The zero-order chi connectivity index (χ0) is 9.94. The van der Waals surface area contributed by atoms with Crippen molar-refractivity contribution in [2.75, 3.05) is 0 Å². The molecule has 0 fully saturated rings. The van der Waals surface area contributed by atoms with Crippen molar-refractivity contribution in [1.29, 1.82) is 0 Å². The molecule has 0 aromatic heterocycles. The van der Waals surface area contributed by atoms with E-state index in [-0.39, 0.29) is 26.2 Å². The minimum atomic E-state index is -0.661. The summed E-state index contributed by atoms with van der Waals surface area (Å²) in [4.78, 5) is 10.2. The molecule has 0 aliphatic rings. The standard InChI is InChI=1S/C11H22O2.Bi.3H/c1-2-3-4-5-6-7-8-9-10-11(12)13;;;;/h2-10H2,1H3,(H,12,13);;;;. The fraction of sp³-hybridized carbons (Fsp3) is 0.909. The molecule has 0 aromatic rings. The average Bonchev–Trinajstić information content (AvgIpc) is 2.09. The molecule has 0 spiro atoms. The molecule has 0 radical (unpaired) electrons. The third kappa shape index (κ3) is 14.9. The number of carboxylic acid groups (broad SMARTS) is 1. The molecule has 3 heteroatoms. The SMILES string of the molecule is CCCCCCCCCCC(=O)O.[BiH3]. The predicted octanol–water partition coefficient (Wildman–Crippen LogP) is 2.42. The molecule has 0 atom stereocenters. The quantitative estimate of drug-likeness (QED) is 0.479. The summed E-state index contributed by atoms with van der Waals surface area (Å²) in [5.41, 5.74) is 0. The molecule has 0 aliphatic heterocycles. The first kappa shape index (κ1) is 16.8. The van der Waals surface area contributed by atoms with Gasteiger partial charge in [-0.3, -0.25) is 4.79 Å². The van der Waals surface area contributed by atoms with Gasteiger partial charge in [0.05, 0.1) is 0 Å². The van der Waals surface area contributed by atoms with Gasteiger partial charge in [-0.15, -0.1) is 0 Å². The third-order valence-corrected chi connectivity index (χ3v) is 2.24. The van der Waals surface area contributed by atoms with Crippen LogP contribution in [0.25, 0.3) is 0 Å². The van der Waals surface area contributed by atoms with Crippen molar-refractivity contribution >= 4 is 32.2 Å². The van der Waals surface area contributed by atoms with Gasteiger partial charge in [-0.25, -0.2) is 0 Å². The van der Waals surface area contributed by atoms with Gasteiger partial charge >= 0.3 is 32.2 Å². The number of hydrogen-bond donors (Lipinski definition) is 1. The summed E-state index contributed by atoms with van der Waals surface area (Å²) in [6.07, 6.45) is 10.1. The first-order chi connectivity index (χ1) is 6.27. The Hall–Kier alpha value is 0.353. The summed E-state index contributed by atoms with van der Waals surface area (Å²) in [5.74, 6) is -0.661. The molecule has 0 saturated heterocycles. The minimum absolute atomic E-state index is 0. The first-order valence-corrected chi connectivity index (χ1v) is 5.49. The van der Waals surface area contributed by atoms with Crippen LogP contribution in [0.2, 0.25) is 0 Å². The molecule has 0 aliphatic carbocycles. The number of carbonyl (C=O) groups is 1.